The van der Waals surface area contributed by atoms with Crippen molar-refractivity contribution in [2.24, 2.45) is 0 Å². The van der Waals surface area contributed by atoms with Gasteiger partial charge in [-0.25, -0.2) is 0 Å². The molecule has 1 aromatic heterocycles. The van der Waals surface area contributed by atoms with Crippen LogP contribution in [0.15, 0.2) is 51.7 Å². The van der Waals surface area contributed by atoms with Gasteiger partial charge in [0.15, 0.2) is 16.9 Å². The average molecular weight is 284 g/mol. The Hall–Kier alpha value is -2.95. The van der Waals surface area contributed by atoms with Gasteiger partial charge < -0.3 is 19.4 Å². The van der Waals surface area contributed by atoms with Crippen LogP contribution in [0.1, 0.15) is 0 Å². The molecule has 0 radical (unpaired) electrons. The normalized spacial score (nSPS) is 10.7. The molecule has 21 heavy (non-hydrogen) atoms. The van der Waals surface area contributed by atoms with Gasteiger partial charge in [-0.1, -0.05) is 6.07 Å². The number of hydrogen-bond acceptors (Lipinski definition) is 5. The number of benzene rings is 2. The molecule has 2 aromatic carbocycles. The zero-order valence-electron chi connectivity index (χ0n) is 11.2. The molecule has 3 aromatic rings. The molecule has 5 nitrogen and oxygen atoms in total. The Kier molecular flexibility index (Phi) is 3.02. The molecule has 5 heteroatoms. The van der Waals surface area contributed by atoms with Gasteiger partial charge >= 0.3 is 0 Å². The number of para-hydroxylation sites is 1. The third kappa shape index (κ3) is 2.18. The first-order valence-corrected chi connectivity index (χ1v) is 6.23. The van der Waals surface area contributed by atoms with Gasteiger partial charge in [0.25, 0.3) is 0 Å². The monoisotopic (exact) mass is 284 g/mol. The number of phenolic OH excluding ortho intramolecular Hbond substituents is 2. The van der Waals surface area contributed by atoms with Crippen LogP contribution in [0, 0.1) is 0 Å². The molecule has 0 fully saturated rings. The molecular weight excluding hydrogens is 272 g/mol. The fourth-order valence-electron chi connectivity index (χ4n) is 2.16. The van der Waals surface area contributed by atoms with Crippen molar-refractivity contribution in [2.75, 3.05) is 7.11 Å². The van der Waals surface area contributed by atoms with Gasteiger partial charge in [0.2, 0.25) is 0 Å². The van der Waals surface area contributed by atoms with E-state index in [0.29, 0.717) is 16.9 Å². The zero-order valence-corrected chi connectivity index (χ0v) is 11.2. The molecule has 0 atom stereocenters. The molecule has 0 unspecified atom stereocenters. The summed E-state index contributed by atoms with van der Waals surface area (Å²) in [6.45, 7) is 0. The molecule has 0 saturated carbocycles. The molecule has 106 valence electrons. The molecule has 0 aliphatic heterocycles. The van der Waals surface area contributed by atoms with Crippen molar-refractivity contribution in [1.29, 1.82) is 0 Å². The lowest BCUT2D eigenvalue weighted by molar-refractivity contribution is 0.374. The minimum absolute atomic E-state index is 0.00761. The highest BCUT2D eigenvalue weighted by Crippen LogP contribution is 2.37. The summed E-state index contributed by atoms with van der Waals surface area (Å²) in [4.78, 5) is 12.1. The van der Waals surface area contributed by atoms with Gasteiger partial charge in [0.05, 0.1) is 18.1 Å². The largest absolute Gasteiger partial charge is 0.508 e. The van der Waals surface area contributed by atoms with E-state index in [2.05, 4.69) is 0 Å². The summed E-state index contributed by atoms with van der Waals surface area (Å²) < 4.78 is 10.7. The van der Waals surface area contributed by atoms with Gasteiger partial charge in [-0.3, -0.25) is 4.79 Å². The number of aromatic hydroxyl groups is 2. The number of methoxy groups -OCH3 is 1. The number of hydrogen-bond donors (Lipinski definition) is 2. The molecule has 0 bridgehead atoms. The molecular formula is C16H12O5. The van der Waals surface area contributed by atoms with Crippen LogP contribution in [0.5, 0.6) is 17.2 Å². The molecule has 1 heterocycles. The van der Waals surface area contributed by atoms with Crippen LogP contribution in [0.3, 0.4) is 0 Å². The van der Waals surface area contributed by atoms with Crippen molar-refractivity contribution < 1.29 is 19.4 Å². The Labute approximate surface area is 119 Å². The molecule has 0 aliphatic carbocycles. The van der Waals surface area contributed by atoms with E-state index in [1.807, 2.05) is 0 Å². The Balaban J connectivity index is 2.27. The molecule has 3 rings (SSSR count). The topological polar surface area (TPSA) is 79.9 Å². The van der Waals surface area contributed by atoms with E-state index in [9.17, 15) is 15.0 Å². The lowest BCUT2D eigenvalue weighted by Crippen LogP contribution is -2.00. The van der Waals surface area contributed by atoms with Gasteiger partial charge in [-0.05, 0) is 30.3 Å². The summed E-state index contributed by atoms with van der Waals surface area (Å²) in [7, 11) is 1.44. The summed E-state index contributed by atoms with van der Waals surface area (Å²) in [5.74, 6) is 0.420. The second kappa shape index (κ2) is 4.86. The van der Waals surface area contributed by atoms with Crippen LogP contribution in [-0.2, 0) is 0 Å². The first-order valence-electron chi connectivity index (χ1n) is 6.23. The van der Waals surface area contributed by atoms with E-state index in [4.69, 9.17) is 9.15 Å². The van der Waals surface area contributed by atoms with Crippen LogP contribution in [-0.4, -0.2) is 17.3 Å². The molecule has 0 amide bonds. The average Bonchev–Trinajstić information content (AvgIpc) is 2.48. The third-order valence-electron chi connectivity index (χ3n) is 3.20. The standard InChI is InChI=1S/C16H12O5/c1-20-14-4-2-3-10(16(14)19)15-8-12(18)11-7-9(17)5-6-13(11)21-15/h2-8,17,19H,1H3. The maximum atomic E-state index is 12.1. The Bertz CT molecular complexity index is 879. The lowest BCUT2D eigenvalue weighted by Gasteiger charge is -2.08. The predicted molar refractivity (Wildman–Crippen MR) is 77.8 cm³/mol. The lowest BCUT2D eigenvalue weighted by atomic mass is 10.1. The number of ether oxygens (including phenoxy) is 1. The highest BCUT2D eigenvalue weighted by Gasteiger charge is 2.14. The van der Waals surface area contributed by atoms with Crippen LogP contribution in [0.25, 0.3) is 22.3 Å². The van der Waals surface area contributed by atoms with Crippen LogP contribution >= 0.6 is 0 Å². The predicted octanol–water partition coefficient (Wildman–Crippen LogP) is 2.88. The number of phenols is 2. The first kappa shape index (κ1) is 13.1. The fraction of sp³-hybridized carbons (Fsp3) is 0.0625. The van der Waals surface area contributed by atoms with Crippen molar-refractivity contribution in [3.05, 3.63) is 52.7 Å². The molecule has 0 spiro atoms. The fourth-order valence-corrected chi connectivity index (χ4v) is 2.16. The smallest absolute Gasteiger partial charge is 0.193 e. The number of rotatable bonds is 2. The second-order valence-electron chi connectivity index (χ2n) is 4.51. The van der Waals surface area contributed by atoms with Crippen molar-refractivity contribution in [3.63, 3.8) is 0 Å². The maximum absolute atomic E-state index is 12.1. The van der Waals surface area contributed by atoms with E-state index in [1.165, 1.54) is 31.4 Å². The van der Waals surface area contributed by atoms with Crippen molar-refractivity contribution in [3.8, 4) is 28.6 Å². The van der Waals surface area contributed by atoms with Gasteiger partial charge in [0, 0.05) is 6.07 Å². The van der Waals surface area contributed by atoms with Crippen molar-refractivity contribution in [2.45, 2.75) is 0 Å². The number of fused-ring (bicyclic) bond motifs is 1. The summed E-state index contributed by atoms with van der Waals surface area (Å²) in [6, 6.07) is 10.5. The minimum Gasteiger partial charge on any atom is -0.508 e. The Morgan fingerprint density at radius 3 is 2.67 bits per heavy atom. The molecule has 2 N–H and O–H groups in total. The van der Waals surface area contributed by atoms with Gasteiger partial charge in [-0.15, -0.1) is 0 Å². The summed E-state index contributed by atoms with van der Waals surface area (Å²) >= 11 is 0. The summed E-state index contributed by atoms with van der Waals surface area (Å²) in [6.07, 6.45) is 0. The summed E-state index contributed by atoms with van der Waals surface area (Å²) in [5.41, 5.74) is 0.392. The molecule has 0 aliphatic rings. The van der Waals surface area contributed by atoms with Crippen LogP contribution < -0.4 is 10.2 Å². The van der Waals surface area contributed by atoms with Crippen LogP contribution in [0.4, 0.5) is 0 Å². The van der Waals surface area contributed by atoms with E-state index in [0.717, 1.165) is 0 Å². The van der Waals surface area contributed by atoms with E-state index in [1.54, 1.807) is 18.2 Å². The first-order chi connectivity index (χ1) is 10.1. The van der Waals surface area contributed by atoms with Crippen LogP contribution in [0.2, 0.25) is 0 Å². The maximum Gasteiger partial charge on any atom is 0.193 e. The van der Waals surface area contributed by atoms with Gasteiger partial charge in [0.1, 0.15) is 17.1 Å². The Morgan fingerprint density at radius 1 is 1.10 bits per heavy atom. The Morgan fingerprint density at radius 2 is 1.90 bits per heavy atom. The highest BCUT2D eigenvalue weighted by molar-refractivity contribution is 5.81. The zero-order chi connectivity index (χ0) is 15.0. The SMILES string of the molecule is COc1cccc(-c2cc(=O)c3cc(O)ccc3o2)c1O. The highest BCUT2D eigenvalue weighted by atomic mass is 16.5. The minimum atomic E-state index is -0.302. The van der Waals surface area contributed by atoms with Crippen molar-refractivity contribution >= 4 is 11.0 Å². The summed E-state index contributed by atoms with van der Waals surface area (Å²) in [5, 5.41) is 19.8. The van der Waals surface area contributed by atoms with Crippen molar-refractivity contribution in [1.82, 2.24) is 0 Å². The van der Waals surface area contributed by atoms with E-state index < -0.39 is 0 Å². The molecule has 0 saturated heterocycles. The second-order valence-corrected chi connectivity index (χ2v) is 4.51. The quantitative estimate of drug-likeness (QED) is 0.756. The van der Waals surface area contributed by atoms with Gasteiger partial charge in [-0.2, -0.15) is 0 Å². The van der Waals surface area contributed by atoms with E-state index >= 15 is 0 Å². The third-order valence-corrected chi connectivity index (χ3v) is 3.20. The van der Waals surface area contributed by atoms with E-state index in [-0.39, 0.29) is 28.1 Å².